The molecular weight excluding hydrogens is 398 g/mol. The highest BCUT2D eigenvalue weighted by atomic mass is 16.5. The highest BCUT2D eigenvalue weighted by molar-refractivity contribution is 6.06. The quantitative estimate of drug-likeness (QED) is 0.348. The molecule has 4 rings (SSSR count). The van der Waals surface area contributed by atoms with Crippen molar-refractivity contribution >= 4 is 28.1 Å². The number of ether oxygens (including phenoxy) is 1. The number of fused-ring (bicyclic) bond motifs is 1. The topological polar surface area (TPSA) is 51.5 Å². The molecule has 0 aliphatic heterocycles. The fraction of sp³-hybridized carbons (Fsp3) is 0.179. The van der Waals surface area contributed by atoms with Crippen molar-refractivity contribution in [2.24, 2.45) is 0 Å². The van der Waals surface area contributed by atoms with Gasteiger partial charge in [-0.1, -0.05) is 42.5 Å². The second-order valence-corrected chi connectivity index (χ2v) is 8.04. The van der Waals surface area contributed by atoms with Crippen LogP contribution >= 0.6 is 0 Å². The van der Waals surface area contributed by atoms with Gasteiger partial charge in [-0.25, -0.2) is 0 Å². The standard InChI is InChI=1S/C28H27NO3/c1-17-10-9-13-25(19(17)3)29-26(30)14-18(2)22-15-23-24(21-11-7-6-8-12-21)16-32-28(23)20(4)27(22)31-5/h6-16H,1-5H3,(H,29,30)/b18-14+. The number of rotatable bonds is 5. The number of benzene rings is 3. The van der Waals surface area contributed by atoms with Crippen LogP contribution in [0.2, 0.25) is 0 Å². The fourth-order valence-corrected chi connectivity index (χ4v) is 4.04. The van der Waals surface area contributed by atoms with Gasteiger partial charge in [0.25, 0.3) is 0 Å². The number of amides is 1. The van der Waals surface area contributed by atoms with Crippen LogP contribution in [0.1, 0.15) is 29.2 Å². The summed E-state index contributed by atoms with van der Waals surface area (Å²) in [6, 6.07) is 18.1. The van der Waals surface area contributed by atoms with Crippen molar-refractivity contribution in [1.82, 2.24) is 0 Å². The summed E-state index contributed by atoms with van der Waals surface area (Å²) in [5.74, 6) is 0.534. The molecule has 1 amide bonds. The summed E-state index contributed by atoms with van der Waals surface area (Å²) >= 11 is 0. The van der Waals surface area contributed by atoms with Gasteiger partial charge in [-0.15, -0.1) is 0 Å². The molecule has 0 radical (unpaired) electrons. The smallest absolute Gasteiger partial charge is 0.248 e. The normalized spacial score (nSPS) is 11.6. The van der Waals surface area contributed by atoms with Gasteiger partial charge in [0.05, 0.1) is 13.4 Å². The molecule has 1 N–H and O–H groups in total. The Morgan fingerprint density at radius 2 is 1.75 bits per heavy atom. The lowest BCUT2D eigenvalue weighted by Gasteiger charge is -2.14. The summed E-state index contributed by atoms with van der Waals surface area (Å²) in [6.07, 6.45) is 3.40. The van der Waals surface area contributed by atoms with E-state index in [4.69, 9.17) is 9.15 Å². The Hall–Kier alpha value is -3.79. The number of anilines is 1. The highest BCUT2D eigenvalue weighted by Gasteiger charge is 2.18. The molecule has 3 aromatic carbocycles. The summed E-state index contributed by atoms with van der Waals surface area (Å²) < 4.78 is 11.6. The van der Waals surface area contributed by atoms with Gasteiger partial charge in [-0.05, 0) is 62.1 Å². The Bertz CT molecular complexity index is 1330. The Kier molecular flexibility index (Phi) is 5.87. The average molecular weight is 426 g/mol. The van der Waals surface area contributed by atoms with E-state index in [0.29, 0.717) is 5.75 Å². The van der Waals surface area contributed by atoms with Crippen LogP contribution in [0.4, 0.5) is 5.69 Å². The predicted octanol–water partition coefficient (Wildman–Crippen LogP) is 7.08. The Morgan fingerprint density at radius 1 is 1.00 bits per heavy atom. The van der Waals surface area contributed by atoms with Crippen molar-refractivity contribution in [2.75, 3.05) is 12.4 Å². The first-order chi connectivity index (χ1) is 15.4. The predicted molar refractivity (Wildman–Crippen MR) is 131 cm³/mol. The van der Waals surface area contributed by atoms with Gasteiger partial charge in [0.1, 0.15) is 11.3 Å². The molecule has 0 spiro atoms. The van der Waals surface area contributed by atoms with E-state index in [1.54, 1.807) is 19.4 Å². The first-order valence-corrected chi connectivity index (χ1v) is 10.6. The molecule has 0 saturated heterocycles. The molecule has 4 nitrogen and oxygen atoms in total. The minimum absolute atomic E-state index is 0.175. The van der Waals surface area contributed by atoms with E-state index in [1.807, 2.05) is 70.2 Å². The maximum absolute atomic E-state index is 12.8. The first-order valence-electron chi connectivity index (χ1n) is 10.6. The van der Waals surface area contributed by atoms with E-state index in [-0.39, 0.29) is 5.91 Å². The molecule has 0 fully saturated rings. The zero-order valence-electron chi connectivity index (χ0n) is 19.1. The third-order valence-electron chi connectivity index (χ3n) is 5.97. The average Bonchev–Trinajstić information content (AvgIpc) is 3.22. The van der Waals surface area contributed by atoms with Crippen LogP contribution in [0.5, 0.6) is 5.75 Å². The first kappa shape index (κ1) is 21.4. The number of carbonyl (C=O) groups excluding carboxylic acids is 1. The lowest BCUT2D eigenvalue weighted by Crippen LogP contribution is -2.10. The van der Waals surface area contributed by atoms with Crippen molar-refractivity contribution in [2.45, 2.75) is 27.7 Å². The van der Waals surface area contributed by atoms with Crippen LogP contribution in [-0.2, 0) is 4.79 Å². The summed E-state index contributed by atoms with van der Waals surface area (Å²) in [5.41, 5.74) is 8.49. The number of furan rings is 1. The van der Waals surface area contributed by atoms with Crippen LogP contribution < -0.4 is 10.1 Å². The zero-order valence-corrected chi connectivity index (χ0v) is 19.1. The fourth-order valence-electron chi connectivity index (χ4n) is 4.04. The Labute approximate surface area is 188 Å². The number of allylic oxidation sites excluding steroid dienone is 1. The lowest BCUT2D eigenvalue weighted by atomic mass is 9.96. The monoisotopic (exact) mass is 425 g/mol. The molecule has 32 heavy (non-hydrogen) atoms. The lowest BCUT2D eigenvalue weighted by molar-refractivity contribution is -0.111. The third-order valence-corrected chi connectivity index (χ3v) is 5.97. The van der Waals surface area contributed by atoms with Crippen LogP contribution in [0.3, 0.4) is 0 Å². The molecule has 4 aromatic rings. The van der Waals surface area contributed by atoms with Crippen molar-refractivity contribution in [1.29, 1.82) is 0 Å². The largest absolute Gasteiger partial charge is 0.496 e. The minimum Gasteiger partial charge on any atom is -0.496 e. The molecule has 4 heteroatoms. The molecule has 0 aliphatic rings. The Morgan fingerprint density at radius 3 is 2.47 bits per heavy atom. The number of hydrogen-bond donors (Lipinski definition) is 1. The maximum Gasteiger partial charge on any atom is 0.248 e. The number of methoxy groups -OCH3 is 1. The van der Waals surface area contributed by atoms with E-state index in [9.17, 15) is 4.79 Å². The van der Waals surface area contributed by atoms with Crippen molar-refractivity contribution < 1.29 is 13.9 Å². The zero-order chi connectivity index (χ0) is 22.8. The minimum atomic E-state index is -0.175. The molecular formula is C28H27NO3. The maximum atomic E-state index is 12.8. The van der Waals surface area contributed by atoms with Gasteiger partial charge >= 0.3 is 0 Å². The van der Waals surface area contributed by atoms with E-state index in [2.05, 4.69) is 17.4 Å². The van der Waals surface area contributed by atoms with E-state index >= 15 is 0 Å². The summed E-state index contributed by atoms with van der Waals surface area (Å²) in [6.45, 7) is 7.94. The van der Waals surface area contributed by atoms with Crippen LogP contribution in [0, 0.1) is 20.8 Å². The number of nitrogens with one attached hydrogen (secondary N) is 1. The van der Waals surface area contributed by atoms with E-state index in [1.165, 1.54) is 0 Å². The van der Waals surface area contributed by atoms with Crippen molar-refractivity contribution in [3.8, 4) is 16.9 Å². The molecule has 1 aromatic heterocycles. The molecule has 162 valence electrons. The van der Waals surface area contributed by atoms with E-state index in [0.717, 1.165) is 55.6 Å². The number of hydrogen-bond acceptors (Lipinski definition) is 3. The Balaban J connectivity index is 1.76. The molecule has 1 heterocycles. The molecule has 0 saturated carbocycles. The summed E-state index contributed by atoms with van der Waals surface area (Å²) in [4.78, 5) is 12.8. The molecule has 0 atom stereocenters. The second kappa shape index (κ2) is 8.75. The van der Waals surface area contributed by atoms with Crippen molar-refractivity contribution in [3.63, 3.8) is 0 Å². The van der Waals surface area contributed by atoms with Gasteiger partial charge in [0.2, 0.25) is 5.91 Å². The summed E-state index contributed by atoms with van der Waals surface area (Å²) in [7, 11) is 1.64. The molecule has 0 bridgehead atoms. The number of aryl methyl sites for hydroxylation is 2. The second-order valence-electron chi connectivity index (χ2n) is 8.04. The van der Waals surface area contributed by atoms with Crippen molar-refractivity contribution in [3.05, 3.63) is 89.2 Å². The van der Waals surface area contributed by atoms with Crippen LogP contribution in [0.15, 0.2) is 71.4 Å². The molecule has 0 unspecified atom stereocenters. The van der Waals surface area contributed by atoms with Gasteiger partial charge in [-0.2, -0.15) is 0 Å². The SMILES string of the molecule is COc1c(/C(C)=C/C(=O)Nc2cccc(C)c2C)cc2c(-c3ccccc3)coc2c1C. The third kappa shape index (κ3) is 3.92. The highest BCUT2D eigenvalue weighted by Crippen LogP contribution is 2.40. The van der Waals surface area contributed by atoms with E-state index < -0.39 is 0 Å². The van der Waals surface area contributed by atoms with Crippen LogP contribution in [-0.4, -0.2) is 13.0 Å². The summed E-state index contributed by atoms with van der Waals surface area (Å²) in [5, 5.41) is 3.99. The van der Waals surface area contributed by atoms with Gasteiger partial charge < -0.3 is 14.5 Å². The molecule has 0 aliphatic carbocycles. The van der Waals surface area contributed by atoms with Gasteiger partial charge in [0, 0.05) is 33.8 Å². The van der Waals surface area contributed by atoms with Crippen LogP contribution in [0.25, 0.3) is 27.7 Å². The number of carbonyl (C=O) groups is 1. The van der Waals surface area contributed by atoms with Gasteiger partial charge in [-0.3, -0.25) is 4.79 Å². The van der Waals surface area contributed by atoms with Gasteiger partial charge in [0.15, 0.2) is 0 Å².